The summed E-state index contributed by atoms with van der Waals surface area (Å²) in [5, 5.41) is 13.2. The van der Waals surface area contributed by atoms with Crippen molar-refractivity contribution >= 4 is 11.6 Å². The zero-order valence-electron chi connectivity index (χ0n) is 13.1. The molecule has 0 bridgehead atoms. The van der Waals surface area contributed by atoms with E-state index in [1.165, 1.54) is 12.8 Å². The van der Waals surface area contributed by atoms with Crippen LogP contribution in [0.4, 0.5) is 11.6 Å². The minimum atomic E-state index is -0.271. The summed E-state index contributed by atoms with van der Waals surface area (Å²) in [6.45, 7) is 1.58. The van der Waals surface area contributed by atoms with E-state index in [0.29, 0.717) is 18.5 Å². The molecule has 1 aromatic heterocycles. The summed E-state index contributed by atoms with van der Waals surface area (Å²) in [6, 6.07) is 2.30. The molecule has 2 N–H and O–H groups in total. The molecule has 2 fully saturated rings. The number of rotatable bonds is 5. The lowest BCUT2D eigenvalue weighted by Gasteiger charge is -2.28. The van der Waals surface area contributed by atoms with Crippen LogP contribution >= 0.6 is 0 Å². The molecule has 116 valence electrons. The van der Waals surface area contributed by atoms with E-state index in [4.69, 9.17) is 4.98 Å². The number of aliphatic hydroxyl groups excluding tert-OH is 1. The molecule has 2 unspecified atom stereocenters. The summed E-state index contributed by atoms with van der Waals surface area (Å²) in [5.41, 5.74) is 0. The Balaban J connectivity index is 1.88. The lowest BCUT2D eigenvalue weighted by atomic mass is 10.2. The number of aromatic nitrogens is 2. The standard InChI is InChI=1S/C15H25N5O/c1-16-13-7-14(18-15(17-13)10-4-5-10)20-9-12(21)6-11(20)8-19(2)3/h7,10-12,21H,4-6,8-9H2,1-3H3,(H,16,17,18). The third-order valence-corrected chi connectivity index (χ3v) is 4.19. The van der Waals surface area contributed by atoms with Gasteiger partial charge in [-0.05, 0) is 33.4 Å². The molecular formula is C15H25N5O. The Morgan fingerprint density at radius 3 is 2.76 bits per heavy atom. The number of likely N-dealkylation sites (N-methyl/N-ethyl adjacent to an activating group) is 1. The molecule has 1 aliphatic carbocycles. The monoisotopic (exact) mass is 291 g/mol. The molecule has 3 rings (SSSR count). The molecule has 1 saturated heterocycles. The predicted octanol–water partition coefficient (Wildman–Crippen LogP) is 0.897. The van der Waals surface area contributed by atoms with E-state index < -0.39 is 0 Å². The number of hydrogen-bond donors (Lipinski definition) is 2. The van der Waals surface area contributed by atoms with Crippen molar-refractivity contribution in [2.24, 2.45) is 0 Å². The fourth-order valence-electron chi connectivity index (χ4n) is 3.02. The first-order valence-corrected chi connectivity index (χ1v) is 7.73. The minimum absolute atomic E-state index is 0.271. The Kier molecular flexibility index (Phi) is 3.99. The molecule has 6 nitrogen and oxygen atoms in total. The lowest BCUT2D eigenvalue weighted by Crippen LogP contribution is -2.38. The van der Waals surface area contributed by atoms with Gasteiger partial charge in [0, 0.05) is 38.2 Å². The van der Waals surface area contributed by atoms with Gasteiger partial charge in [0.15, 0.2) is 0 Å². The van der Waals surface area contributed by atoms with Crippen molar-refractivity contribution in [1.29, 1.82) is 0 Å². The van der Waals surface area contributed by atoms with Gasteiger partial charge < -0.3 is 20.2 Å². The van der Waals surface area contributed by atoms with Gasteiger partial charge in [-0.3, -0.25) is 0 Å². The van der Waals surface area contributed by atoms with E-state index >= 15 is 0 Å². The quantitative estimate of drug-likeness (QED) is 0.840. The molecule has 21 heavy (non-hydrogen) atoms. The summed E-state index contributed by atoms with van der Waals surface area (Å²) in [6.07, 6.45) is 2.91. The third-order valence-electron chi connectivity index (χ3n) is 4.19. The van der Waals surface area contributed by atoms with Crippen LogP contribution in [0.2, 0.25) is 0 Å². The van der Waals surface area contributed by atoms with Gasteiger partial charge in [0.25, 0.3) is 0 Å². The molecule has 0 spiro atoms. The maximum absolute atomic E-state index is 10.0. The highest BCUT2D eigenvalue weighted by molar-refractivity contribution is 5.51. The van der Waals surface area contributed by atoms with Gasteiger partial charge in [-0.15, -0.1) is 0 Å². The highest BCUT2D eigenvalue weighted by atomic mass is 16.3. The van der Waals surface area contributed by atoms with Crippen molar-refractivity contribution < 1.29 is 5.11 Å². The molecule has 2 atom stereocenters. The molecule has 0 radical (unpaired) electrons. The zero-order valence-corrected chi connectivity index (χ0v) is 13.1. The maximum Gasteiger partial charge on any atom is 0.136 e. The second kappa shape index (κ2) is 5.77. The smallest absolute Gasteiger partial charge is 0.136 e. The summed E-state index contributed by atoms with van der Waals surface area (Å²) < 4.78 is 0. The normalized spacial score (nSPS) is 25.7. The molecule has 1 aliphatic heterocycles. The lowest BCUT2D eigenvalue weighted by molar-refractivity contribution is 0.191. The summed E-state index contributed by atoms with van der Waals surface area (Å²) in [5.74, 6) is 3.28. The third kappa shape index (κ3) is 3.27. The van der Waals surface area contributed by atoms with Crippen molar-refractivity contribution in [3.63, 3.8) is 0 Å². The topological polar surface area (TPSA) is 64.5 Å². The van der Waals surface area contributed by atoms with Gasteiger partial charge in [0.1, 0.15) is 17.5 Å². The van der Waals surface area contributed by atoms with E-state index in [2.05, 4.69) is 34.2 Å². The van der Waals surface area contributed by atoms with Gasteiger partial charge in [0.05, 0.1) is 6.10 Å². The summed E-state index contributed by atoms with van der Waals surface area (Å²) >= 11 is 0. The molecular weight excluding hydrogens is 266 g/mol. The molecule has 2 aliphatic rings. The fraction of sp³-hybridized carbons (Fsp3) is 0.733. The largest absolute Gasteiger partial charge is 0.391 e. The van der Waals surface area contributed by atoms with Crippen LogP contribution in [0.25, 0.3) is 0 Å². The Morgan fingerprint density at radius 1 is 1.38 bits per heavy atom. The SMILES string of the molecule is CNc1cc(N2CC(O)CC2CN(C)C)nc(C2CC2)n1. The Bertz CT molecular complexity index is 503. The molecule has 0 aromatic carbocycles. The van der Waals surface area contributed by atoms with Gasteiger partial charge in [0.2, 0.25) is 0 Å². The van der Waals surface area contributed by atoms with Gasteiger partial charge in [-0.2, -0.15) is 0 Å². The van der Waals surface area contributed by atoms with Crippen molar-refractivity contribution in [1.82, 2.24) is 14.9 Å². The van der Waals surface area contributed by atoms with Crippen LogP contribution in [0.15, 0.2) is 6.07 Å². The molecule has 1 aromatic rings. The van der Waals surface area contributed by atoms with Crippen LogP contribution in [0.3, 0.4) is 0 Å². The van der Waals surface area contributed by atoms with Crippen LogP contribution in [-0.4, -0.2) is 66.4 Å². The van der Waals surface area contributed by atoms with Gasteiger partial charge >= 0.3 is 0 Å². The Labute approximate surface area is 126 Å². The zero-order chi connectivity index (χ0) is 15.0. The number of nitrogens with zero attached hydrogens (tertiary/aromatic N) is 4. The number of hydrogen-bond acceptors (Lipinski definition) is 6. The Hall–Kier alpha value is -1.40. The van der Waals surface area contributed by atoms with Crippen molar-refractivity contribution in [3.8, 4) is 0 Å². The summed E-state index contributed by atoms with van der Waals surface area (Å²) in [7, 11) is 6.02. The highest BCUT2D eigenvalue weighted by Crippen LogP contribution is 2.39. The first-order chi connectivity index (χ1) is 10.1. The number of anilines is 2. The maximum atomic E-state index is 10.0. The van der Waals surface area contributed by atoms with E-state index in [1.807, 2.05) is 13.1 Å². The fourth-order valence-corrected chi connectivity index (χ4v) is 3.02. The molecule has 2 heterocycles. The van der Waals surface area contributed by atoms with Crippen LogP contribution in [0, 0.1) is 0 Å². The Morgan fingerprint density at radius 2 is 2.14 bits per heavy atom. The number of nitrogens with one attached hydrogen (secondary N) is 1. The first-order valence-electron chi connectivity index (χ1n) is 7.73. The molecule has 6 heteroatoms. The number of β-amino-alcohol motifs (C(OH)–C–C–N with tert-alkyl or cyclic N) is 1. The van der Waals surface area contributed by atoms with Crippen molar-refractivity contribution in [2.45, 2.75) is 37.3 Å². The van der Waals surface area contributed by atoms with Crippen LogP contribution in [-0.2, 0) is 0 Å². The average Bonchev–Trinajstić information content (AvgIpc) is 3.22. The number of aliphatic hydroxyl groups is 1. The molecule has 0 amide bonds. The first kappa shape index (κ1) is 14.5. The van der Waals surface area contributed by atoms with Gasteiger partial charge in [-0.25, -0.2) is 9.97 Å². The molecule has 1 saturated carbocycles. The van der Waals surface area contributed by atoms with E-state index in [0.717, 1.165) is 30.4 Å². The highest BCUT2D eigenvalue weighted by Gasteiger charge is 2.34. The predicted molar refractivity (Wildman–Crippen MR) is 83.9 cm³/mol. The van der Waals surface area contributed by atoms with Crippen LogP contribution < -0.4 is 10.2 Å². The average molecular weight is 291 g/mol. The van der Waals surface area contributed by atoms with Crippen LogP contribution in [0.1, 0.15) is 31.0 Å². The van der Waals surface area contributed by atoms with Gasteiger partial charge in [-0.1, -0.05) is 0 Å². The van der Waals surface area contributed by atoms with Crippen LogP contribution in [0.5, 0.6) is 0 Å². The second-order valence-electron chi connectivity index (χ2n) is 6.45. The second-order valence-corrected chi connectivity index (χ2v) is 6.45. The summed E-state index contributed by atoms with van der Waals surface area (Å²) in [4.78, 5) is 13.7. The minimum Gasteiger partial charge on any atom is -0.391 e. The van der Waals surface area contributed by atoms with E-state index in [9.17, 15) is 5.11 Å². The van der Waals surface area contributed by atoms with Crippen molar-refractivity contribution in [3.05, 3.63) is 11.9 Å². The van der Waals surface area contributed by atoms with E-state index in [1.54, 1.807) is 0 Å². The van der Waals surface area contributed by atoms with E-state index in [-0.39, 0.29) is 6.10 Å². The van der Waals surface area contributed by atoms with Crippen molar-refractivity contribution in [2.75, 3.05) is 44.4 Å².